The van der Waals surface area contributed by atoms with Gasteiger partial charge in [-0.1, -0.05) is 230 Å². The fraction of sp³-hybridized carbons (Fsp3) is 0.584. The lowest BCUT2D eigenvalue weighted by Crippen LogP contribution is -2.67. The fourth-order valence-corrected chi connectivity index (χ4v) is 18.8. The third kappa shape index (κ3) is 28.9. The van der Waals surface area contributed by atoms with Gasteiger partial charge in [0.2, 0.25) is 0 Å². The molecule has 6 aromatic carbocycles. The molecule has 0 spiro atoms. The summed E-state index contributed by atoms with van der Waals surface area (Å²) in [6.45, 7) is 10.7. The van der Waals surface area contributed by atoms with Crippen molar-refractivity contribution in [3.63, 3.8) is 0 Å². The molecule has 8 aliphatic rings. The van der Waals surface area contributed by atoms with Crippen molar-refractivity contribution >= 4 is 36.6 Å². The molecule has 144 heavy (non-hydrogen) atoms. The molecule has 19 N–H and O–H groups in total. The average molecular weight is 2030 g/mol. The number of aliphatic hydroxyl groups is 13. The van der Waals surface area contributed by atoms with Gasteiger partial charge in [0, 0.05) is 0 Å². The van der Waals surface area contributed by atoms with E-state index in [1.807, 2.05) is 24.3 Å². The molecule has 0 aromatic heterocycles. The molecule has 38 atom stereocenters. The van der Waals surface area contributed by atoms with E-state index >= 15 is 0 Å². The van der Waals surface area contributed by atoms with E-state index < -0.39 is 275 Å². The summed E-state index contributed by atoms with van der Waals surface area (Å²) in [5, 5.41) is 164. The van der Waals surface area contributed by atoms with Gasteiger partial charge in [-0.15, -0.1) is 0 Å². The molecule has 6 saturated heterocycles. The van der Waals surface area contributed by atoms with Gasteiger partial charge in [-0.2, -0.15) is 0 Å². The van der Waals surface area contributed by atoms with E-state index in [0.29, 0.717) is 27.8 Å². The minimum atomic E-state index is -1.80. The Morgan fingerprint density at radius 2 is 0.451 bits per heavy atom. The second-order valence-corrected chi connectivity index (χ2v) is 37.0. The Labute approximate surface area is 832 Å². The highest BCUT2D eigenvalue weighted by Crippen LogP contribution is 2.42. The van der Waals surface area contributed by atoms with Crippen molar-refractivity contribution < 1.29 is 180 Å². The van der Waals surface area contributed by atoms with Crippen LogP contribution >= 0.6 is 0 Å². The van der Waals surface area contributed by atoms with Crippen LogP contribution in [0.5, 0.6) is 0 Å². The zero-order chi connectivity index (χ0) is 103. The molecule has 43 nitrogen and oxygen atoms in total. The highest BCUT2D eigenvalue weighted by molar-refractivity contribution is 5.70. The predicted octanol–water partition coefficient (Wildman–Crippen LogP) is 3.86. The first kappa shape index (κ1) is 111. The molecule has 43 heteroatoms. The maximum Gasteiger partial charge on any atom is 0.407 e. The molecule has 2 saturated carbocycles. The molecule has 792 valence electrons. The number of hydrogen-bond donors (Lipinski definition) is 19. The Balaban J connectivity index is 0.000000241. The van der Waals surface area contributed by atoms with Crippen LogP contribution in [0, 0.1) is 11.8 Å². The molecular weight excluding hydrogens is 1890 g/mol. The molecule has 14 rings (SSSR count). The number of nitrogens with one attached hydrogen (secondary N) is 6. The summed E-state index contributed by atoms with van der Waals surface area (Å²) in [6.07, 6.45) is -46.9. The third-order valence-corrected chi connectivity index (χ3v) is 26.9. The summed E-state index contributed by atoms with van der Waals surface area (Å²) in [6, 6.07) is 45.5. The molecule has 6 aliphatic heterocycles. The number of benzene rings is 6. The summed E-state index contributed by atoms with van der Waals surface area (Å²) in [7, 11) is 0. The number of aliphatic hydroxyl groups excluding tert-OH is 13. The van der Waals surface area contributed by atoms with Gasteiger partial charge in [-0.3, -0.25) is 0 Å². The second kappa shape index (κ2) is 53.5. The minimum Gasteiger partial charge on any atom is -0.445 e. The molecule has 2 aliphatic carbocycles. The molecule has 0 radical (unpaired) electrons. The summed E-state index contributed by atoms with van der Waals surface area (Å²) in [4.78, 5) is 79.2. The van der Waals surface area contributed by atoms with E-state index in [1.165, 1.54) is 0 Å². The van der Waals surface area contributed by atoms with Crippen molar-refractivity contribution in [2.75, 3.05) is 6.61 Å². The van der Waals surface area contributed by atoms with Crippen molar-refractivity contribution in [3.05, 3.63) is 215 Å². The van der Waals surface area contributed by atoms with Crippen molar-refractivity contribution in [3.8, 4) is 0 Å². The molecule has 8 fully saturated rings. The standard InChI is InChI=1S/C51H69N3O18.C50H67N3O19/c1-5-32-38(56)40(58)35(53-50(62)65-25-29-19-13-9-14-20-29)46(67-32)70-43-27(4)23-31(52-49(61)64-24-28-17-11-8-12-18-28)37(55)45(43)72-48-42(60)44(34(7-3)69-48)71-47-36(41(59)39(57)33(6-2)68-47)54-51(63)66-26-30-21-15-10-16-22-30;1-4-31-37(56)39(58)34(52-49(62)65-24-28-17-11-7-12-18-28)45(67-31)70-42-26(3)21-30(51-48(61)64-23-27-15-9-6-10-16-27)36(55)44(42)72-47-41(60)43(33(22-54)69-47)71-46-35(40(59)38(57)32(5-2)68-46)53-50(63)66-25-29-19-13-8-14-20-29/h8-22,27,31-48,55-60H,5-7,23-26H2,1-4H3,(H,52,61)(H,53,62)(H,54,63);6-20,26,30-47,54-60H,4-5,21-25H2,1-3H3,(H,51,61)(H,52,62)(H,53,63)/t27-,31+,32+,33-,34+,35+,36+,37-,38+,39+,40+,41+,42+,43+,44+,45+,46+,47+,48-;26-,30+,31+,32-,33+,34+,35+,36-,37+,38+,39+,40+,41+,42+,43+,44+,45+,46+,47-/m00/s1. The number of ether oxygens (including phenoxy) is 18. The van der Waals surface area contributed by atoms with Crippen LogP contribution in [-0.4, -0.2) is 330 Å². The van der Waals surface area contributed by atoms with Gasteiger partial charge in [-0.25, -0.2) is 28.8 Å². The van der Waals surface area contributed by atoms with Crippen LogP contribution < -0.4 is 31.9 Å². The number of carbonyl (C=O) groups is 6. The van der Waals surface area contributed by atoms with Crippen molar-refractivity contribution in [1.82, 2.24) is 31.9 Å². The van der Waals surface area contributed by atoms with Crippen molar-refractivity contribution in [2.24, 2.45) is 11.8 Å². The zero-order valence-corrected chi connectivity index (χ0v) is 80.8. The summed E-state index contributed by atoms with van der Waals surface area (Å²) in [5.41, 5.74) is 4.19. The SMILES string of the molecule is CC[C@@H]1O[C@H](O[C@H]2[C@@H](O)[C@H](O[C@@H]3[C@@H](O)[C@H](NC(=O)OCc4ccccc4)C[C@H](C)[C@H]3O[C@H]3O[C@H](CC)[C@@H](O)[C@H](O)[C@H]3NC(=O)OCc3ccccc3)O[C@@H]2CC)[C@H](NC(=O)OCc2ccccc2)[C@@H](O)[C@@H]1O.CC[C@@H]1O[C@H](O[C@H]2[C@@H](O)[C@H](O[C@@H]3[C@@H](O)[C@H](NC(=O)OCc4ccccc4)C[C@H](C)[C@H]3O[C@H]3O[C@H](CC)[C@@H](O)[C@H](O)[C@H]3NC(=O)OCc3ccccc3)O[C@@H]2CO)[C@H](NC(=O)OCc2ccccc2)[C@@H](O)[C@@H]1O. The normalized spacial score (nSPS) is 35.7. The van der Waals surface area contributed by atoms with Crippen LogP contribution in [-0.2, 0) is 125 Å². The van der Waals surface area contributed by atoms with Crippen LogP contribution in [0.25, 0.3) is 0 Å². The Kier molecular flexibility index (Phi) is 41.3. The lowest BCUT2D eigenvalue weighted by Gasteiger charge is -2.48. The van der Waals surface area contributed by atoms with Crippen LogP contribution in [0.15, 0.2) is 182 Å². The summed E-state index contributed by atoms with van der Waals surface area (Å²) < 4.78 is 108. The van der Waals surface area contributed by atoms with E-state index in [-0.39, 0.29) is 84.6 Å². The van der Waals surface area contributed by atoms with E-state index in [1.54, 1.807) is 206 Å². The average Bonchev–Trinajstić information content (AvgIpc) is 1.36. The van der Waals surface area contributed by atoms with Gasteiger partial charge in [-0.05, 0) is 90.2 Å². The molecule has 0 unspecified atom stereocenters. The minimum absolute atomic E-state index is 0.0471. The third-order valence-electron chi connectivity index (χ3n) is 26.9. The van der Waals surface area contributed by atoms with Crippen LogP contribution in [0.1, 0.15) is 127 Å². The summed E-state index contributed by atoms with van der Waals surface area (Å²) in [5.74, 6) is -1.26. The Morgan fingerprint density at radius 1 is 0.250 bits per heavy atom. The van der Waals surface area contributed by atoms with Gasteiger partial charge in [0.25, 0.3) is 0 Å². The highest BCUT2D eigenvalue weighted by atomic mass is 16.8. The van der Waals surface area contributed by atoms with E-state index in [2.05, 4.69) is 31.9 Å². The number of hydrogen-bond acceptors (Lipinski definition) is 37. The first-order chi connectivity index (χ1) is 69.4. The molecular formula is C101H136N6O37. The molecule has 0 bridgehead atoms. The fourth-order valence-electron chi connectivity index (χ4n) is 18.8. The predicted molar refractivity (Wildman–Crippen MR) is 501 cm³/mol. The molecule has 6 aromatic rings. The maximum atomic E-state index is 13.3. The Bertz CT molecular complexity index is 4600. The topological polar surface area (TPSA) is 604 Å². The van der Waals surface area contributed by atoms with Crippen LogP contribution in [0.3, 0.4) is 0 Å². The quantitative estimate of drug-likeness (QED) is 0.0248. The highest BCUT2D eigenvalue weighted by Gasteiger charge is 2.60. The summed E-state index contributed by atoms with van der Waals surface area (Å²) >= 11 is 0. The van der Waals surface area contributed by atoms with Crippen molar-refractivity contribution in [2.45, 2.75) is 354 Å². The van der Waals surface area contributed by atoms with Crippen LogP contribution in [0.4, 0.5) is 28.8 Å². The maximum absolute atomic E-state index is 13.3. The zero-order valence-electron chi connectivity index (χ0n) is 80.8. The molecule has 6 heterocycles. The smallest absolute Gasteiger partial charge is 0.407 e. The van der Waals surface area contributed by atoms with Crippen LogP contribution in [0.2, 0.25) is 0 Å². The number of alkyl carbamates (subject to hydrolysis) is 6. The first-order valence-electron chi connectivity index (χ1n) is 48.8. The number of amides is 6. The molecule has 6 amide bonds. The van der Waals surface area contributed by atoms with Gasteiger partial charge in [0.15, 0.2) is 37.7 Å². The van der Waals surface area contributed by atoms with E-state index in [4.69, 9.17) is 85.3 Å². The monoisotopic (exact) mass is 2020 g/mol. The largest absolute Gasteiger partial charge is 0.445 e. The van der Waals surface area contributed by atoms with Gasteiger partial charge >= 0.3 is 36.6 Å². The first-order valence-corrected chi connectivity index (χ1v) is 48.8. The second-order valence-electron chi connectivity index (χ2n) is 37.0. The lowest BCUT2D eigenvalue weighted by atomic mass is 9.80. The van der Waals surface area contributed by atoms with E-state index in [0.717, 1.165) is 5.56 Å². The van der Waals surface area contributed by atoms with Gasteiger partial charge in [0.1, 0.15) is 168 Å². The van der Waals surface area contributed by atoms with Crippen molar-refractivity contribution in [1.29, 1.82) is 0 Å². The lowest BCUT2D eigenvalue weighted by molar-refractivity contribution is -0.315. The van der Waals surface area contributed by atoms with Gasteiger partial charge < -0.3 is 184 Å². The Morgan fingerprint density at radius 3 is 0.681 bits per heavy atom. The number of carbonyl (C=O) groups excluding carboxylic acids is 6. The Hall–Kier alpha value is -10.1. The van der Waals surface area contributed by atoms with E-state index in [9.17, 15) is 95.2 Å². The van der Waals surface area contributed by atoms with Gasteiger partial charge in [0.05, 0.1) is 61.4 Å². The number of rotatable bonds is 36.